The molecular formula is C16H23N5O2. The number of hydrogen-bond donors (Lipinski definition) is 2. The number of carbonyl (C=O) groups excluding carboxylic acids is 1. The Morgan fingerprint density at radius 3 is 2.57 bits per heavy atom. The van der Waals surface area contributed by atoms with E-state index in [1.54, 1.807) is 4.68 Å². The van der Waals surface area contributed by atoms with E-state index in [0.717, 1.165) is 11.4 Å². The largest absolute Gasteiger partial charge is 0.491 e. The van der Waals surface area contributed by atoms with Crippen molar-refractivity contribution in [2.75, 3.05) is 20.1 Å². The Hall–Kier alpha value is -2.41. The Morgan fingerprint density at radius 1 is 1.26 bits per heavy atom. The van der Waals surface area contributed by atoms with Crippen molar-refractivity contribution < 1.29 is 9.53 Å². The summed E-state index contributed by atoms with van der Waals surface area (Å²) < 4.78 is 7.26. The molecule has 0 saturated carbocycles. The molecule has 1 amide bonds. The first-order chi connectivity index (χ1) is 11.0. The lowest BCUT2D eigenvalue weighted by atomic mass is 10.2. The predicted molar refractivity (Wildman–Crippen MR) is 88.1 cm³/mol. The van der Waals surface area contributed by atoms with Crippen LogP contribution in [-0.2, 0) is 0 Å². The number of likely N-dealkylation sites (N-methyl/N-ethyl adjacent to an activating group) is 1. The van der Waals surface area contributed by atoms with E-state index >= 15 is 0 Å². The van der Waals surface area contributed by atoms with Gasteiger partial charge < -0.3 is 15.4 Å². The van der Waals surface area contributed by atoms with E-state index < -0.39 is 0 Å². The topological polar surface area (TPSA) is 81.1 Å². The van der Waals surface area contributed by atoms with Crippen molar-refractivity contribution >= 4 is 5.91 Å². The van der Waals surface area contributed by atoms with Gasteiger partial charge in [-0.25, -0.2) is 4.68 Å². The highest BCUT2D eigenvalue weighted by Gasteiger charge is 2.16. The highest BCUT2D eigenvalue weighted by atomic mass is 16.5. The number of nitrogens with zero attached hydrogens (tertiary/aromatic N) is 3. The summed E-state index contributed by atoms with van der Waals surface area (Å²) in [5.74, 6) is 0.579. The molecule has 2 aromatic rings. The first-order valence-corrected chi connectivity index (χ1v) is 7.65. The number of ether oxygens (including phenoxy) is 1. The molecule has 0 bridgehead atoms. The van der Waals surface area contributed by atoms with Crippen LogP contribution >= 0.6 is 0 Å². The third kappa shape index (κ3) is 4.29. The molecule has 1 heterocycles. The van der Waals surface area contributed by atoms with E-state index in [4.69, 9.17) is 4.74 Å². The van der Waals surface area contributed by atoms with Crippen molar-refractivity contribution in [3.8, 4) is 11.4 Å². The Morgan fingerprint density at radius 2 is 1.96 bits per heavy atom. The molecule has 7 heteroatoms. The quantitative estimate of drug-likeness (QED) is 0.753. The minimum absolute atomic E-state index is 0.127. The lowest BCUT2D eigenvalue weighted by molar-refractivity contribution is 0.0948. The van der Waals surface area contributed by atoms with Gasteiger partial charge in [0.2, 0.25) is 0 Å². The van der Waals surface area contributed by atoms with Gasteiger partial charge in [-0.3, -0.25) is 4.79 Å². The lowest BCUT2D eigenvalue weighted by Gasteiger charge is -2.10. The molecule has 23 heavy (non-hydrogen) atoms. The van der Waals surface area contributed by atoms with Crippen LogP contribution in [0.2, 0.25) is 0 Å². The monoisotopic (exact) mass is 317 g/mol. The minimum Gasteiger partial charge on any atom is -0.491 e. The molecular weight excluding hydrogens is 294 g/mol. The van der Waals surface area contributed by atoms with Gasteiger partial charge in [-0.05, 0) is 52.1 Å². The summed E-state index contributed by atoms with van der Waals surface area (Å²) in [7, 11) is 1.83. The van der Waals surface area contributed by atoms with Crippen LogP contribution < -0.4 is 15.4 Å². The van der Waals surface area contributed by atoms with E-state index in [1.165, 1.54) is 0 Å². The maximum absolute atomic E-state index is 12.1. The van der Waals surface area contributed by atoms with Crippen molar-refractivity contribution in [2.45, 2.75) is 26.9 Å². The molecule has 1 aromatic carbocycles. The predicted octanol–water partition coefficient (Wildman–Crippen LogP) is 1.31. The SMILES string of the molecule is CNCCNC(=O)c1nnn(-c2ccc(OC(C)C)cc2)c1C. The van der Waals surface area contributed by atoms with E-state index in [0.29, 0.717) is 24.5 Å². The zero-order chi connectivity index (χ0) is 16.8. The molecule has 0 saturated heterocycles. The van der Waals surface area contributed by atoms with Crippen molar-refractivity contribution in [3.05, 3.63) is 35.7 Å². The summed E-state index contributed by atoms with van der Waals surface area (Å²) in [6.45, 7) is 7.04. The summed E-state index contributed by atoms with van der Waals surface area (Å²) in [6.07, 6.45) is 0.127. The van der Waals surface area contributed by atoms with Crippen LogP contribution in [0.5, 0.6) is 5.75 Å². The number of benzene rings is 1. The normalized spacial score (nSPS) is 10.8. The summed E-state index contributed by atoms with van der Waals surface area (Å²) in [5, 5.41) is 13.8. The number of aromatic nitrogens is 3. The van der Waals surface area contributed by atoms with Crippen LogP contribution in [0.3, 0.4) is 0 Å². The summed E-state index contributed by atoms with van der Waals surface area (Å²) in [4.78, 5) is 12.1. The van der Waals surface area contributed by atoms with Crippen molar-refractivity contribution in [1.29, 1.82) is 0 Å². The van der Waals surface area contributed by atoms with Gasteiger partial charge >= 0.3 is 0 Å². The fourth-order valence-electron chi connectivity index (χ4n) is 2.11. The average molecular weight is 317 g/mol. The summed E-state index contributed by atoms with van der Waals surface area (Å²) in [6, 6.07) is 7.54. The van der Waals surface area contributed by atoms with Crippen LogP contribution in [0.15, 0.2) is 24.3 Å². The van der Waals surface area contributed by atoms with Gasteiger partial charge in [-0.15, -0.1) is 5.10 Å². The molecule has 0 aliphatic carbocycles. The van der Waals surface area contributed by atoms with Crippen LogP contribution in [0, 0.1) is 6.92 Å². The Labute approximate surface area is 136 Å². The molecule has 0 fully saturated rings. The third-order valence-corrected chi connectivity index (χ3v) is 3.22. The van der Waals surface area contributed by atoms with Gasteiger partial charge in [-0.2, -0.15) is 0 Å². The molecule has 0 aliphatic heterocycles. The highest BCUT2D eigenvalue weighted by molar-refractivity contribution is 5.93. The second-order valence-electron chi connectivity index (χ2n) is 5.46. The van der Waals surface area contributed by atoms with Crippen molar-refractivity contribution in [2.24, 2.45) is 0 Å². The first-order valence-electron chi connectivity index (χ1n) is 7.65. The second kappa shape index (κ2) is 7.73. The number of nitrogens with one attached hydrogen (secondary N) is 2. The molecule has 0 spiro atoms. The Kier molecular flexibility index (Phi) is 5.70. The van der Waals surface area contributed by atoms with Crippen molar-refractivity contribution in [3.63, 3.8) is 0 Å². The molecule has 2 rings (SSSR count). The number of rotatable bonds is 7. The number of hydrogen-bond acceptors (Lipinski definition) is 5. The van der Waals surface area contributed by atoms with Crippen molar-refractivity contribution in [1.82, 2.24) is 25.6 Å². The molecule has 0 unspecified atom stereocenters. The lowest BCUT2D eigenvalue weighted by Crippen LogP contribution is -2.31. The zero-order valence-corrected chi connectivity index (χ0v) is 14.0. The van der Waals surface area contributed by atoms with Gasteiger partial charge in [-0.1, -0.05) is 5.21 Å². The Balaban J connectivity index is 2.13. The number of carbonyl (C=O) groups is 1. The van der Waals surface area contributed by atoms with Gasteiger partial charge in [0.15, 0.2) is 5.69 Å². The molecule has 7 nitrogen and oxygen atoms in total. The highest BCUT2D eigenvalue weighted by Crippen LogP contribution is 2.18. The summed E-state index contributed by atoms with van der Waals surface area (Å²) in [5.41, 5.74) is 1.87. The van der Waals surface area contributed by atoms with Gasteiger partial charge in [0.1, 0.15) is 5.75 Å². The van der Waals surface area contributed by atoms with Crippen LogP contribution in [0.4, 0.5) is 0 Å². The summed E-state index contributed by atoms with van der Waals surface area (Å²) >= 11 is 0. The molecule has 2 N–H and O–H groups in total. The zero-order valence-electron chi connectivity index (χ0n) is 14.0. The van der Waals surface area contributed by atoms with E-state index in [2.05, 4.69) is 20.9 Å². The molecule has 0 aliphatic rings. The van der Waals surface area contributed by atoms with Gasteiger partial charge in [0.25, 0.3) is 5.91 Å². The maximum atomic E-state index is 12.1. The minimum atomic E-state index is -0.219. The van der Waals surface area contributed by atoms with Crippen LogP contribution in [-0.4, -0.2) is 47.1 Å². The standard InChI is InChI=1S/C16H23N5O2/c1-11(2)23-14-7-5-13(6-8-14)21-12(3)15(19-20-21)16(22)18-10-9-17-4/h5-8,11,17H,9-10H2,1-4H3,(H,18,22). The maximum Gasteiger partial charge on any atom is 0.273 e. The van der Waals surface area contributed by atoms with Gasteiger partial charge in [0.05, 0.1) is 17.5 Å². The molecule has 1 aromatic heterocycles. The third-order valence-electron chi connectivity index (χ3n) is 3.22. The molecule has 0 atom stereocenters. The van der Waals surface area contributed by atoms with E-state index in [9.17, 15) is 4.79 Å². The second-order valence-corrected chi connectivity index (χ2v) is 5.46. The van der Waals surface area contributed by atoms with E-state index in [1.807, 2.05) is 52.1 Å². The van der Waals surface area contributed by atoms with Crippen LogP contribution in [0.1, 0.15) is 30.0 Å². The Bertz CT molecular complexity index is 649. The fourth-order valence-corrected chi connectivity index (χ4v) is 2.11. The average Bonchev–Trinajstić information content (AvgIpc) is 2.89. The van der Waals surface area contributed by atoms with Gasteiger partial charge in [0, 0.05) is 13.1 Å². The first kappa shape index (κ1) is 17.0. The van der Waals surface area contributed by atoms with Crippen LogP contribution in [0.25, 0.3) is 5.69 Å². The number of amides is 1. The van der Waals surface area contributed by atoms with E-state index in [-0.39, 0.29) is 12.0 Å². The fraction of sp³-hybridized carbons (Fsp3) is 0.438. The molecule has 0 radical (unpaired) electrons. The smallest absolute Gasteiger partial charge is 0.273 e. The molecule has 124 valence electrons.